The van der Waals surface area contributed by atoms with Crippen LogP contribution in [-0.4, -0.2) is 4.98 Å². The lowest BCUT2D eigenvalue weighted by molar-refractivity contribution is 1.38. The van der Waals surface area contributed by atoms with Crippen molar-refractivity contribution in [2.24, 2.45) is 0 Å². The maximum Gasteiger partial charge on any atom is 0.187 e. The first-order chi connectivity index (χ1) is 10.1. The Kier molecular flexibility index (Phi) is 4.36. The number of nitrogens with one attached hydrogen (secondary N) is 1. The van der Waals surface area contributed by atoms with E-state index >= 15 is 0 Å². The van der Waals surface area contributed by atoms with Crippen molar-refractivity contribution in [3.63, 3.8) is 0 Å². The normalized spacial score (nSPS) is 10.6. The first kappa shape index (κ1) is 14.7. The molecule has 0 aliphatic rings. The Morgan fingerprint density at radius 2 is 1.57 bits per heavy atom. The van der Waals surface area contributed by atoms with E-state index in [1.165, 1.54) is 11.3 Å². The third-order valence-electron chi connectivity index (χ3n) is 2.82. The van der Waals surface area contributed by atoms with Crippen molar-refractivity contribution in [2.75, 3.05) is 5.32 Å². The number of hydrogen-bond donors (Lipinski definition) is 1. The fourth-order valence-corrected chi connectivity index (χ4v) is 3.28. The predicted octanol–water partition coefficient (Wildman–Crippen LogP) is 6.51. The molecule has 3 aromatic rings. The fourth-order valence-electron chi connectivity index (χ4n) is 1.85. The third kappa shape index (κ3) is 3.33. The van der Waals surface area contributed by atoms with Crippen LogP contribution in [-0.2, 0) is 0 Å². The summed E-state index contributed by atoms with van der Waals surface area (Å²) in [5, 5.41) is 7.79. The highest BCUT2D eigenvalue weighted by Gasteiger charge is 2.12. The standard InChI is InChI=1S/C15H9Cl3N2S/c16-9-4-6-10(7-5-9)19-15-20-13(8-21-15)14-11(17)2-1-3-12(14)18/h1-8H,(H,19,20). The Labute approximate surface area is 141 Å². The van der Waals surface area contributed by atoms with Crippen LogP contribution in [0.25, 0.3) is 11.3 Å². The van der Waals surface area contributed by atoms with Gasteiger partial charge in [0, 0.05) is 21.7 Å². The van der Waals surface area contributed by atoms with Crippen LogP contribution in [0.2, 0.25) is 15.1 Å². The van der Waals surface area contributed by atoms with Crippen LogP contribution in [0.4, 0.5) is 10.8 Å². The molecule has 2 aromatic carbocycles. The quantitative estimate of drug-likeness (QED) is 0.579. The number of thiazole rings is 1. The summed E-state index contributed by atoms with van der Waals surface area (Å²) in [5.41, 5.74) is 2.43. The molecule has 106 valence electrons. The van der Waals surface area contributed by atoms with Gasteiger partial charge in [-0.2, -0.15) is 0 Å². The lowest BCUT2D eigenvalue weighted by Gasteiger charge is -2.04. The summed E-state index contributed by atoms with van der Waals surface area (Å²) in [4.78, 5) is 4.53. The average molecular weight is 356 g/mol. The van der Waals surface area contributed by atoms with E-state index in [9.17, 15) is 0 Å². The highest BCUT2D eigenvalue weighted by Crippen LogP contribution is 2.36. The van der Waals surface area contributed by atoms with Gasteiger partial charge in [0.15, 0.2) is 5.13 Å². The molecule has 0 bridgehead atoms. The monoisotopic (exact) mass is 354 g/mol. The maximum absolute atomic E-state index is 6.20. The zero-order valence-electron chi connectivity index (χ0n) is 10.6. The summed E-state index contributed by atoms with van der Waals surface area (Å²) in [6, 6.07) is 12.8. The minimum atomic E-state index is 0.589. The molecule has 0 spiro atoms. The highest BCUT2D eigenvalue weighted by atomic mass is 35.5. The number of halogens is 3. The second-order valence-electron chi connectivity index (χ2n) is 4.27. The Morgan fingerprint density at radius 1 is 0.905 bits per heavy atom. The van der Waals surface area contributed by atoms with Crippen LogP contribution < -0.4 is 5.32 Å². The Balaban J connectivity index is 1.88. The number of benzene rings is 2. The van der Waals surface area contributed by atoms with Gasteiger partial charge in [-0.1, -0.05) is 40.9 Å². The molecule has 0 radical (unpaired) electrons. The van der Waals surface area contributed by atoms with Gasteiger partial charge in [0.1, 0.15) is 0 Å². The van der Waals surface area contributed by atoms with Crippen molar-refractivity contribution in [3.05, 3.63) is 62.9 Å². The average Bonchev–Trinajstić information content (AvgIpc) is 2.89. The summed E-state index contributed by atoms with van der Waals surface area (Å²) in [6.45, 7) is 0. The van der Waals surface area contributed by atoms with Gasteiger partial charge in [-0.25, -0.2) is 4.98 Å². The first-order valence-corrected chi connectivity index (χ1v) is 8.07. The Hall–Kier alpha value is -1.26. The molecule has 1 N–H and O–H groups in total. The number of anilines is 2. The minimum absolute atomic E-state index is 0.589. The molecule has 2 nitrogen and oxygen atoms in total. The molecule has 0 saturated heterocycles. The van der Waals surface area contributed by atoms with E-state index in [1.54, 1.807) is 12.1 Å². The molecule has 1 heterocycles. The molecule has 0 fully saturated rings. The van der Waals surface area contributed by atoms with Crippen molar-refractivity contribution in [2.45, 2.75) is 0 Å². The molecule has 0 unspecified atom stereocenters. The largest absolute Gasteiger partial charge is 0.332 e. The molecule has 0 atom stereocenters. The van der Waals surface area contributed by atoms with Crippen LogP contribution in [0.15, 0.2) is 47.8 Å². The summed E-state index contributed by atoms with van der Waals surface area (Å²) in [7, 11) is 0. The predicted molar refractivity (Wildman–Crippen MR) is 92.3 cm³/mol. The van der Waals surface area contributed by atoms with Crippen molar-refractivity contribution in [1.29, 1.82) is 0 Å². The van der Waals surface area contributed by atoms with Crippen LogP contribution in [0.3, 0.4) is 0 Å². The smallest absolute Gasteiger partial charge is 0.187 e. The van der Waals surface area contributed by atoms with Crippen LogP contribution in [0.1, 0.15) is 0 Å². The van der Waals surface area contributed by atoms with Crippen LogP contribution in [0, 0.1) is 0 Å². The molecular weight excluding hydrogens is 347 g/mol. The summed E-state index contributed by atoms with van der Waals surface area (Å²) in [6.07, 6.45) is 0. The molecule has 0 aliphatic heterocycles. The van der Waals surface area contributed by atoms with Crippen molar-refractivity contribution >= 4 is 57.0 Å². The maximum atomic E-state index is 6.20. The second kappa shape index (κ2) is 6.24. The summed E-state index contributed by atoms with van der Waals surface area (Å²) < 4.78 is 0. The van der Waals surface area contributed by atoms with Crippen molar-refractivity contribution in [3.8, 4) is 11.3 Å². The van der Waals surface area contributed by atoms with Gasteiger partial charge in [-0.3, -0.25) is 0 Å². The van der Waals surface area contributed by atoms with Gasteiger partial charge in [0.05, 0.1) is 15.7 Å². The van der Waals surface area contributed by atoms with Crippen LogP contribution >= 0.6 is 46.1 Å². The van der Waals surface area contributed by atoms with E-state index in [1.807, 2.05) is 35.7 Å². The zero-order valence-corrected chi connectivity index (χ0v) is 13.7. The Morgan fingerprint density at radius 3 is 2.24 bits per heavy atom. The molecule has 0 saturated carbocycles. The lowest BCUT2D eigenvalue weighted by Crippen LogP contribution is -1.89. The SMILES string of the molecule is Clc1ccc(Nc2nc(-c3c(Cl)cccc3Cl)cs2)cc1. The first-order valence-electron chi connectivity index (χ1n) is 6.06. The fraction of sp³-hybridized carbons (Fsp3) is 0. The number of aromatic nitrogens is 1. The van der Waals surface area contributed by atoms with Gasteiger partial charge in [0.2, 0.25) is 0 Å². The van der Waals surface area contributed by atoms with E-state index in [0.717, 1.165) is 22.1 Å². The van der Waals surface area contributed by atoms with E-state index in [2.05, 4.69) is 10.3 Å². The van der Waals surface area contributed by atoms with E-state index < -0.39 is 0 Å². The summed E-state index contributed by atoms with van der Waals surface area (Å²) in [5.74, 6) is 0. The van der Waals surface area contributed by atoms with E-state index in [-0.39, 0.29) is 0 Å². The van der Waals surface area contributed by atoms with Gasteiger partial charge in [0.25, 0.3) is 0 Å². The van der Waals surface area contributed by atoms with Crippen LogP contribution in [0.5, 0.6) is 0 Å². The highest BCUT2D eigenvalue weighted by molar-refractivity contribution is 7.14. The number of nitrogens with zero attached hydrogens (tertiary/aromatic N) is 1. The molecular formula is C15H9Cl3N2S. The number of hydrogen-bond acceptors (Lipinski definition) is 3. The van der Waals surface area contributed by atoms with Crippen molar-refractivity contribution in [1.82, 2.24) is 4.98 Å². The van der Waals surface area contributed by atoms with E-state index in [0.29, 0.717) is 15.1 Å². The zero-order chi connectivity index (χ0) is 14.8. The van der Waals surface area contributed by atoms with Gasteiger partial charge in [-0.05, 0) is 36.4 Å². The molecule has 0 aliphatic carbocycles. The summed E-state index contributed by atoms with van der Waals surface area (Å²) >= 11 is 19.7. The van der Waals surface area contributed by atoms with Gasteiger partial charge < -0.3 is 5.32 Å². The van der Waals surface area contributed by atoms with Crippen molar-refractivity contribution < 1.29 is 0 Å². The molecule has 1 aromatic heterocycles. The number of rotatable bonds is 3. The third-order valence-corrected chi connectivity index (χ3v) is 4.46. The molecule has 0 amide bonds. The Bertz CT molecular complexity index is 749. The lowest BCUT2D eigenvalue weighted by atomic mass is 10.2. The molecule has 6 heteroatoms. The van der Waals surface area contributed by atoms with Gasteiger partial charge >= 0.3 is 0 Å². The van der Waals surface area contributed by atoms with E-state index in [4.69, 9.17) is 34.8 Å². The topological polar surface area (TPSA) is 24.9 Å². The van der Waals surface area contributed by atoms with Gasteiger partial charge in [-0.15, -0.1) is 11.3 Å². The molecule has 21 heavy (non-hydrogen) atoms. The second-order valence-corrected chi connectivity index (χ2v) is 6.38. The molecule has 3 rings (SSSR count). The minimum Gasteiger partial charge on any atom is -0.332 e.